The number of ether oxygens (including phenoxy) is 3. The molecule has 4 nitrogen and oxygen atoms in total. The van der Waals surface area contributed by atoms with Crippen LogP contribution in [0.15, 0.2) is 34.8 Å². The van der Waals surface area contributed by atoms with Gasteiger partial charge in [-0.1, -0.05) is 0 Å². The molecule has 0 aliphatic carbocycles. The summed E-state index contributed by atoms with van der Waals surface area (Å²) in [5.74, 6) is 1.66. The summed E-state index contributed by atoms with van der Waals surface area (Å²) in [5, 5.41) is 3.22. The molecular formula is C15H13BrFNO3. The zero-order chi connectivity index (χ0) is 14.8. The third kappa shape index (κ3) is 2.90. The van der Waals surface area contributed by atoms with Gasteiger partial charge in [0.25, 0.3) is 0 Å². The van der Waals surface area contributed by atoms with E-state index in [9.17, 15) is 4.39 Å². The minimum absolute atomic E-state index is 0.202. The molecule has 0 aromatic heterocycles. The topological polar surface area (TPSA) is 39.7 Å². The Bertz CT molecular complexity index is 678. The largest absolute Gasteiger partial charge is 0.493 e. The molecule has 0 atom stereocenters. The maximum atomic E-state index is 13.2. The zero-order valence-corrected chi connectivity index (χ0v) is 12.9. The van der Waals surface area contributed by atoms with E-state index in [1.807, 2.05) is 12.1 Å². The smallest absolute Gasteiger partial charge is 0.231 e. The van der Waals surface area contributed by atoms with Crippen molar-refractivity contribution in [3.8, 4) is 17.2 Å². The van der Waals surface area contributed by atoms with Gasteiger partial charge in [-0.15, -0.1) is 0 Å². The summed E-state index contributed by atoms with van der Waals surface area (Å²) in [6.45, 7) is 0.762. The molecule has 0 fully saturated rings. The highest BCUT2D eigenvalue weighted by Crippen LogP contribution is 2.41. The molecule has 1 N–H and O–H groups in total. The Morgan fingerprint density at radius 2 is 2.14 bits per heavy atom. The highest BCUT2D eigenvalue weighted by Gasteiger charge is 2.19. The first-order valence-electron chi connectivity index (χ1n) is 6.33. The Morgan fingerprint density at radius 1 is 1.29 bits per heavy atom. The summed E-state index contributed by atoms with van der Waals surface area (Å²) in [6.07, 6.45) is 0. The average molecular weight is 354 g/mol. The van der Waals surface area contributed by atoms with E-state index in [1.54, 1.807) is 19.2 Å². The highest BCUT2D eigenvalue weighted by atomic mass is 79.9. The van der Waals surface area contributed by atoms with E-state index in [0.717, 1.165) is 11.3 Å². The predicted octanol–water partition coefficient (Wildman–Crippen LogP) is 3.94. The summed E-state index contributed by atoms with van der Waals surface area (Å²) in [7, 11) is 1.59. The zero-order valence-electron chi connectivity index (χ0n) is 11.3. The highest BCUT2D eigenvalue weighted by molar-refractivity contribution is 9.10. The van der Waals surface area contributed by atoms with Crippen LogP contribution in [0, 0.1) is 5.82 Å². The molecule has 2 aromatic rings. The van der Waals surface area contributed by atoms with Crippen LogP contribution >= 0.6 is 15.9 Å². The van der Waals surface area contributed by atoms with Gasteiger partial charge in [0.05, 0.1) is 11.6 Å². The van der Waals surface area contributed by atoms with Crippen molar-refractivity contribution in [3.05, 3.63) is 46.2 Å². The van der Waals surface area contributed by atoms with Crippen LogP contribution < -0.4 is 19.5 Å². The van der Waals surface area contributed by atoms with Gasteiger partial charge in [-0.05, 0) is 51.8 Å². The van der Waals surface area contributed by atoms with Gasteiger partial charge in [0.1, 0.15) is 5.82 Å². The van der Waals surface area contributed by atoms with E-state index in [-0.39, 0.29) is 12.6 Å². The lowest BCUT2D eigenvalue weighted by Gasteiger charge is -2.10. The number of fused-ring (bicyclic) bond motifs is 1. The number of benzene rings is 2. The maximum absolute atomic E-state index is 13.2. The van der Waals surface area contributed by atoms with E-state index in [1.165, 1.54) is 6.07 Å². The lowest BCUT2D eigenvalue weighted by molar-refractivity contribution is 0.171. The van der Waals surface area contributed by atoms with E-state index >= 15 is 0 Å². The average Bonchev–Trinajstić information content (AvgIpc) is 2.96. The quantitative estimate of drug-likeness (QED) is 0.903. The van der Waals surface area contributed by atoms with Crippen molar-refractivity contribution < 1.29 is 18.6 Å². The first kappa shape index (κ1) is 14.0. The molecule has 0 saturated heterocycles. The van der Waals surface area contributed by atoms with Crippen LogP contribution in [0.4, 0.5) is 10.1 Å². The molecule has 0 amide bonds. The van der Waals surface area contributed by atoms with Crippen LogP contribution in [0.5, 0.6) is 17.2 Å². The molecule has 1 heterocycles. The summed E-state index contributed by atoms with van der Waals surface area (Å²) in [4.78, 5) is 0. The Kier molecular flexibility index (Phi) is 3.88. The fraction of sp³-hybridized carbons (Fsp3) is 0.200. The molecule has 0 bridgehead atoms. The fourth-order valence-electron chi connectivity index (χ4n) is 2.10. The fourth-order valence-corrected chi connectivity index (χ4v) is 2.47. The SMILES string of the molecule is COc1cc(CNc2ccc(F)c(Br)c2)cc2c1OCO2. The third-order valence-corrected chi connectivity index (χ3v) is 3.74. The standard InChI is InChI=1S/C15H13BrFNO3/c1-19-13-4-9(5-14-15(13)21-8-20-14)7-18-10-2-3-12(17)11(16)6-10/h2-6,18H,7-8H2,1H3. The maximum Gasteiger partial charge on any atom is 0.231 e. The van der Waals surface area contributed by atoms with Gasteiger partial charge < -0.3 is 19.5 Å². The summed E-state index contributed by atoms with van der Waals surface area (Å²) >= 11 is 3.16. The van der Waals surface area contributed by atoms with Gasteiger partial charge in [0.2, 0.25) is 12.5 Å². The second-order valence-corrected chi connectivity index (χ2v) is 5.37. The first-order chi connectivity index (χ1) is 10.2. The van der Waals surface area contributed by atoms with E-state index < -0.39 is 0 Å². The van der Waals surface area contributed by atoms with Crippen molar-refractivity contribution in [1.82, 2.24) is 0 Å². The molecule has 3 rings (SSSR count). The molecule has 1 aliphatic heterocycles. The molecule has 21 heavy (non-hydrogen) atoms. The number of hydrogen-bond donors (Lipinski definition) is 1. The second kappa shape index (κ2) is 5.81. The Hall–Kier alpha value is -1.95. The van der Waals surface area contributed by atoms with Crippen molar-refractivity contribution in [2.75, 3.05) is 19.2 Å². The van der Waals surface area contributed by atoms with E-state index in [4.69, 9.17) is 14.2 Å². The van der Waals surface area contributed by atoms with Crippen LogP contribution in [0.2, 0.25) is 0 Å². The van der Waals surface area contributed by atoms with Crippen LogP contribution in [0.1, 0.15) is 5.56 Å². The molecule has 0 saturated carbocycles. The number of rotatable bonds is 4. The van der Waals surface area contributed by atoms with E-state index in [2.05, 4.69) is 21.2 Å². The molecule has 110 valence electrons. The normalized spacial score (nSPS) is 12.3. The number of methoxy groups -OCH3 is 1. The number of hydrogen-bond acceptors (Lipinski definition) is 4. The summed E-state index contributed by atoms with van der Waals surface area (Å²) < 4.78 is 29.6. The van der Waals surface area contributed by atoms with Gasteiger partial charge in [-0.3, -0.25) is 0 Å². The third-order valence-electron chi connectivity index (χ3n) is 3.13. The van der Waals surface area contributed by atoms with Crippen LogP contribution in [0.3, 0.4) is 0 Å². The van der Waals surface area contributed by atoms with Gasteiger partial charge >= 0.3 is 0 Å². The van der Waals surface area contributed by atoms with Crippen molar-refractivity contribution >= 4 is 21.6 Å². The van der Waals surface area contributed by atoms with Crippen LogP contribution in [-0.4, -0.2) is 13.9 Å². The molecule has 0 spiro atoms. The predicted molar refractivity (Wildman–Crippen MR) is 80.5 cm³/mol. The van der Waals surface area contributed by atoms with E-state index in [0.29, 0.717) is 28.3 Å². The lowest BCUT2D eigenvalue weighted by Crippen LogP contribution is -2.00. The van der Waals surface area contributed by atoms with Crippen LogP contribution in [0.25, 0.3) is 0 Å². The summed E-state index contributed by atoms with van der Waals surface area (Å²) in [5.41, 5.74) is 1.80. The minimum atomic E-state index is -0.287. The Labute approximate surface area is 130 Å². The van der Waals surface area contributed by atoms with Crippen molar-refractivity contribution in [2.45, 2.75) is 6.54 Å². The van der Waals surface area contributed by atoms with Gasteiger partial charge in [0, 0.05) is 12.2 Å². The van der Waals surface area contributed by atoms with Crippen molar-refractivity contribution in [1.29, 1.82) is 0 Å². The molecule has 1 aliphatic rings. The molecule has 2 aromatic carbocycles. The van der Waals surface area contributed by atoms with Crippen molar-refractivity contribution in [3.63, 3.8) is 0 Å². The second-order valence-electron chi connectivity index (χ2n) is 4.51. The Morgan fingerprint density at radius 3 is 2.90 bits per heavy atom. The molecule has 0 radical (unpaired) electrons. The van der Waals surface area contributed by atoms with Gasteiger partial charge in [0.15, 0.2) is 11.5 Å². The summed E-state index contributed by atoms with van der Waals surface area (Å²) in [6, 6.07) is 8.58. The molecule has 0 unspecified atom stereocenters. The molecular weight excluding hydrogens is 341 g/mol. The first-order valence-corrected chi connectivity index (χ1v) is 7.12. The number of nitrogens with one attached hydrogen (secondary N) is 1. The lowest BCUT2D eigenvalue weighted by atomic mass is 10.1. The van der Waals surface area contributed by atoms with Crippen molar-refractivity contribution in [2.24, 2.45) is 0 Å². The number of halogens is 2. The monoisotopic (exact) mass is 353 g/mol. The molecule has 6 heteroatoms. The number of anilines is 1. The van der Waals surface area contributed by atoms with Crippen LogP contribution in [-0.2, 0) is 6.54 Å². The minimum Gasteiger partial charge on any atom is -0.493 e. The van der Waals surface area contributed by atoms with Gasteiger partial charge in [-0.25, -0.2) is 4.39 Å². The van der Waals surface area contributed by atoms with Gasteiger partial charge in [-0.2, -0.15) is 0 Å². The Balaban J connectivity index is 1.77.